The van der Waals surface area contributed by atoms with Crippen molar-refractivity contribution in [3.05, 3.63) is 58.5 Å². The predicted octanol–water partition coefficient (Wildman–Crippen LogP) is 2.92. The van der Waals surface area contributed by atoms with Gasteiger partial charge in [-0.3, -0.25) is 10.1 Å². The molecular formula is C21H22N4O4. The van der Waals surface area contributed by atoms with Crippen LogP contribution in [0.5, 0.6) is 0 Å². The van der Waals surface area contributed by atoms with Gasteiger partial charge in [0.1, 0.15) is 11.4 Å². The maximum atomic E-state index is 12.8. The summed E-state index contributed by atoms with van der Waals surface area (Å²) >= 11 is 0. The average Bonchev–Trinajstić information content (AvgIpc) is 2.71. The van der Waals surface area contributed by atoms with Gasteiger partial charge in [-0.2, -0.15) is 0 Å². The minimum Gasteiger partial charge on any atom is -0.462 e. The lowest BCUT2D eigenvalue weighted by Gasteiger charge is -2.11. The molecule has 0 bridgehead atoms. The van der Waals surface area contributed by atoms with Gasteiger partial charge in [-0.15, -0.1) is 0 Å². The molecule has 0 radical (unpaired) electrons. The van der Waals surface area contributed by atoms with Gasteiger partial charge in [0.25, 0.3) is 0 Å². The van der Waals surface area contributed by atoms with Crippen LogP contribution in [0.15, 0.2) is 47.5 Å². The van der Waals surface area contributed by atoms with Crippen molar-refractivity contribution >= 4 is 28.7 Å². The number of aromatic nitrogens is 2. The Balaban J connectivity index is 1.98. The van der Waals surface area contributed by atoms with E-state index in [1.54, 1.807) is 42.9 Å². The molecule has 0 atom stereocenters. The summed E-state index contributed by atoms with van der Waals surface area (Å²) < 4.78 is 6.71. The van der Waals surface area contributed by atoms with E-state index in [2.05, 4.69) is 15.6 Å². The molecule has 0 saturated carbocycles. The van der Waals surface area contributed by atoms with Crippen LogP contribution in [0.25, 0.3) is 22.0 Å². The number of hydrogen-bond acceptors (Lipinski definition) is 5. The molecule has 3 rings (SSSR count). The number of pyridine rings is 2. The Bertz CT molecular complexity index is 1120. The molecule has 2 aromatic heterocycles. The topological polar surface area (TPSA) is 102 Å². The molecule has 0 aliphatic heterocycles. The lowest BCUT2D eigenvalue weighted by molar-refractivity contribution is 0.0524. The molecule has 2 N–H and O–H groups in total. The largest absolute Gasteiger partial charge is 0.462 e. The van der Waals surface area contributed by atoms with Gasteiger partial charge in [0, 0.05) is 36.9 Å². The highest BCUT2D eigenvalue weighted by Crippen LogP contribution is 2.23. The van der Waals surface area contributed by atoms with E-state index < -0.39 is 5.97 Å². The van der Waals surface area contributed by atoms with Gasteiger partial charge in [0.05, 0.1) is 12.1 Å². The zero-order valence-corrected chi connectivity index (χ0v) is 16.5. The molecule has 0 saturated heterocycles. The molecule has 29 heavy (non-hydrogen) atoms. The van der Waals surface area contributed by atoms with Crippen molar-refractivity contribution in [2.45, 2.75) is 13.8 Å². The molecule has 1 aromatic carbocycles. The van der Waals surface area contributed by atoms with Gasteiger partial charge in [0.15, 0.2) is 0 Å². The van der Waals surface area contributed by atoms with Crippen molar-refractivity contribution in [1.82, 2.24) is 14.9 Å². The summed E-state index contributed by atoms with van der Waals surface area (Å²) in [5.74, 6) is -0.219. The second-order valence-electron chi connectivity index (χ2n) is 6.35. The highest BCUT2D eigenvalue weighted by molar-refractivity contribution is 5.95. The monoisotopic (exact) mass is 394 g/mol. The lowest BCUT2D eigenvalue weighted by Crippen LogP contribution is -2.28. The highest BCUT2D eigenvalue weighted by Gasteiger charge is 2.16. The summed E-state index contributed by atoms with van der Waals surface area (Å²) in [6.45, 7) is 4.23. The Morgan fingerprint density at radius 3 is 2.55 bits per heavy atom. The molecule has 0 aliphatic rings. The number of anilines is 1. The fourth-order valence-corrected chi connectivity index (χ4v) is 2.99. The fourth-order valence-electron chi connectivity index (χ4n) is 2.99. The number of amides is 2. The van der Waals surface area contributed by atoms with Crippen LogP contribution >= 0.6 is 0 Å². The highest BCUT2D eigenvalue weighted by atomic mass is 16.5. The first-order valence-corrected chi connectivity index (χ1v) is 9.26. The van der Waals surface area contributed by atoms with Gasteiger partial charge in [-0.1, -0.05) is 6.07 Å². The van der Waals surface area contributed by atoms with Gasteiger partial charge in [-0.05, 0) is 43.7 Å². The molecule has 0 fully saturated rings. The van der Waals surface area contributed by atoms with E-state index in [1.807, 2.05) is 19.1 Å². The number of nitrogens with zero attached hydrogens (tertiary/aromatic N) is 2. The van der Waals surface area contributed by atoms with E-state index in [-0.39, 0.29) is 23.6 Å². The molecule has 8 nitrogen and oxygen atoms in total. The van der Waals surface area contributed by atoms with Gasteiger partial charge in [-0.25, -0.2) is 14.6 Å². The van der Waals surface area contributed by atoms with Crippen LogP contribution in [0.1, 0.15) is 24.2 Å². The van der Waals surface area contributed by atoms with Crippen LogP contribution in [0.3, 0.4) is 0 Å². The van der Waals surface area contributed by atoms with Crippen molar-refractivity contribution in [3.8, 4) is 11.1 Å². The average molecular weight is 394 g/mol. The first-order valence-electron chi connectivity index (χ1n) is 9.26. The molecule has 0 spiro atoms. The summed E-state index contributed by atoms with van der Waals surface area (Å²) in [4.78, 5) is 40.8. The maximum Gasteiger partial charge on any atom is 0.343 e. The van der Waals surface area contributed by atoms with Crippen LogP contribution in [-0.4, -0.2) is 34.7 Å². The Hall–Kier alpha value is -3.68. The second kappa shape index (κ2) is 8.55. The van der Waals surface area contributed by atoms with E-state index in [9.17, 15) is 14.4 Å². The van der Waals surface area contributed by atoms with E-state index in [1.165, 1.54) is 6.20 Å². The fraction of sp³-hybridized carbons (Fsp3) is 0.238. The number of urea groups is 1. The smallest absolute Gasteiger partial charge is 0.343 e. The number of fused-ring (bicyclic) bond motifs is 1. The maximum absolute atomic E-state index is 12.8. The van der Waals surface area contributed by atoms with Crippen LogP contribution in [0.2, 0.25) is 0 Å². The normalized spacial score (nSPS) is 10.6. The molecule has 2 amide bonds. The van der Waals surface area contributed by atoms with Crippen LogP contribution in [0, 0.1) is 0 Å². The summed E-state index contributed by atoms with van der Waals surface area (Å²) in [6.07, 6.45) is 3.11. The minimum absolute atomic E-state index is 0.00129. The summed E-state index contributed by atoms with van der Waals surface area (Å²) in [5.41, 5.74) is 1.87. The molecule has 8 heteroatoms. The van der Waals surface area contributed by atoms with Crippen molar-refractivity contribution in [2.24, 2.45) is 7.05 Å². The number of hydrogen-bond donors (Lipinski definition) is 2. The van der Waals surface area contributed by atoms with E-state index in [4.69, 9.17) is 4.74 Å². The molecule has 3 aromatic rings. The van der Waals surface area contributed by atoms with Crippen molar-refractivity contribution < 1.29 is 14.3 Å². The quantitative estimate of drug-likeness (QED) is 0.648. The first-order chi connectivity index (χ1) is 13.9. The standard InChI is InChI=1S/C21H22N4O4/c1-4-22-21(28)24-18-9-7-14(11-23-18)13-6-8-17-15(10-13)19(26)16(12-25(17)3)20(27)29-5-2/h6-12H,4-5H2,1-3H3,(H2,22,23,24,28). The number of aryl methyl sites for hydroxylation is 1. The zero-order valence-electron chi connectivity index (χ0n) is 16.5. The molecule has 150 valence electrons. The zero-order chi connectivity index (χ0) is 21.0. The SMILES string of the molecule is CCNC(=O)Nc1ccc(-c2ccc3c(c2)c(=O)c(C(=O)OCC)cn3C)cn1. The number of carbonyl (C=O) groups is 2. The Morgan fingerprint density at radius 2 is 1.90 bits per heavy atom. The summed E-state index contributed by atoms with van der Waals surface area (Å²) in [6, 6.07) is 8.58. The third-order valence-electron chi connectivity index (χ3n) is 4.36. The van der Waals surface area contributed by atoms with E-state index in [0.29, 0.717) is 23.3 Å². The molecular weight excluding hydrogens is 372 g/mol. The predicted molar refractivity (Wildman–Crippen MR) is 111 cm³/mol. The number of nitrogens with one attached hydrogen (secondary N) is 2. The van der Waals surface area contributed by atoms with Crippen LogP contribution < -0.4 is 16.1 Å². The van der Waals surface area contributed by atoms with Gasteiger partial charge >= 0.3 is 12.0 Å². The first kappa shape index (κ1) is 20.1. The Kier molecular flexibility index (Phi) is 5.92. The number of carbonyl (C=O) groups excluding carboxylic acids is 2. The third kappa shape index (κ3) is 4.26. The van der Waals surface area contributed by atoms with Gasteiger partial charge < -0.3 is 14.6 Å². The minimum atomic E-state index is -0.636. The molecule has 0 unspecified atom stereocenters. The van der Waals surface area contributed by atoms with Crippen molar-refractivity contribution in [2.75, 3.05) is 18.5 Å². The van der Waals surface area contributed by atoms with Gasteiger partial charge in [0.2, 0.25) is 5.43 Å². The van der Waals surface area contributed by atoms with E-state index in [0.717, 1.165) is 11.1 Å². The number of rotatable bonds is 5. The van der Waals surface area contributed by atoms with Crippen LogP contribution in [0.4, 0.5) is 10.6 Å². The number of ether oxygens (including phenoxy) is 1. The Labute approximate surface area is 167 Å². The van der Waals surface area contributed by atoms with Crippen molar-refractivity contribution in [1.29, 1.82) is 0 Å². The Morgan fingerprint density at radius 1 is 1.14 bits per heavy atom. The lowest BCUT2D eigenvalue weighted by atomic mass is 10.0. The molecule has 2 heterocycles. The summed E-state index contributed by atoms with van der Waals surface area (Å²) in [5, 5.41) is 5.68. The number of esters is 1. The second-order valence-corrected chi connectivity index (χ2v) is 6.35. The third-order valence-corrected chi connectivity index (χ3v) is 4.36. The van der Waals surface area contributed by atoms with E-state index >= 15 is 0 Å². The van der Waals surface area contributed by atoms with Crippen LogP contribution in [-0.2, 0) is 11.8 Å². The summed E-state index contributed by atoms with van der Waals surface area (Å²) in [7, 11) is 1.77. The van der Waals surface area contributed by atoms with Crippen molar-refractivity contribution in [3.63, 3.8) is 0 Å². The molecule has 0 aliphatic carbocycles. The number of benzene rings is 1.